The number of benzene rings is 2. The molecule has 5 N–H and O–H groups in total. The predicted molar refractivity (Wildman–Crippen MR) is 117 cm³/mol. The number of pyridine rings is 1. The van der Waals surface area contributed by atoms with Crippen LogP contribution in [0.1, 0.15) is 5.56 Å². The van der Waals surface area contributed by atoms with Gasteiger partial charge in [-0.05, 0) is 53.6 Å². The number of amides is 2. The SMILES string of the molecule is NS(=O)(=O)c1ccc(-c2ccnc3[nH]cc(NC(=O)Nc4ccc(C(F)(F)F)cc4)c23)cc1. The molecule has 8 nitrogen and oxygen atoms in total. The molecule has 2 heterocycles. The second-order valence-corrected chi connectivity index (χ2v) is 8.57. The van der Waals surface area contributed by atoms with Crippen LogP contribution in [0.5, 0.6) is 0 Å². The molecule has 0 saturated carbocycles. The van der Waals surface area contributed by atoms with Gasteiger partial charge in [0.2, 0.25) is 10.0 Å². The Labute approximate surface area is 185 Å². The van der Waals surface area contributed by atoms with Gasteiger partial charge in [0.25, 0.3) is 0 Å². The molecule has 4 rings (SSSR count). The number of hydrogen-bond acceptors (Lipinski definition) is 4. The molecule has 0 aliphatic heterocycles. The number of primary sulfonamides is 1. The van der Waals surface area contributed by atoms with Crippen LogP contribution in [-0.4, -0.2) is 24.4 Å². The van der Waals surface area contributed by atoms with E-state index in [-0.39, 0.29) is 10.6 Å². The van der Waals surface area contributed by atoms with Gasteiger partial charge < -0.3 is 15.6 Å². The number of nitrogens with two attached hydrogens (primary N) is 1. The molecule has 170 valence electrons. The number of urea groups is 1. The van der Waals surface area contributed by atoms with Gasteiger partial charge in [-0.15, -0.1) is 0 Å². The smallest absolute Gasteiger partial charge is 0.344 e. The fourth-order valence-corrected chi connectivity index (χ4v) is 3.76. The average molecular weight is 475 g/mol. The Hall–Kier alpha value is -3.90. The monoisotopic (exact) mass is 475 g/mol. The molecule has 0 radical (unpaired) electrons. The van der Waals surface area contributed by atoms with Crippen molar-refractivity contribution in [2.45, 2.75) is 11.1 Å². The highest BCUT2D eigenvalue weighted by Gasteiger charge is 2.30. The maximum Gasteiger partial charge on any atom is 0.416 e. The van der Waals surface area contributed by atoms with Gasteiger partial charge in [-0.3, -0.25) is 0 Å². The maximum atomic E-state index is 12.7. The van der Waals surface area contributed by atoms with Crippen molar-refractivity contribution in [2.24, 2.45) is 5.14 Å². The summed E-state index contributed by atoms with van der Waals surface area (Å²) in [6.07, 6.45) is -1.40. The highest BCUT2D eigenvalue weighted by atomic mass is 32.2. The van der Waals surface area contributed by atoms with Crippen LogP contribution in [0.4, 0.5) is 29.3 Å². The minimum Gasteiger partial charge on any atom is -0.344 e. The van der Waals surface area contributed by atoms with Crippen molar-refractivity contribution in [3.63, 3.8) is 0 Å². The number of hydrogen-bond donors (Lipinski definition) is 4. The number of aromatic nitrogens is 2. The van der Waals surface area contributed by atoms with E-state index in [4.69, 9.17) is 5.14 Å². The highest BCUT2D eigenvalue weighted by Crippen LogP contribution is 2.34. The number of carbonyl (C=O) groups is 1. The number of fused-ring (bicyclic) bond motifs is 1. The number of rotatable bonds is 4. The molecule has 0 atom stereocenters. The second kappa shape index (κ2) is 8.22. The van der Waals surface area contributed by atoms with Gasteiger partial charge in [-0.25, -0.2) is 23.3 Å². The van der Waals surface area contributed by atoms with E-state index in [1.54, 1.807) is 24.4 Å². The number of alkyl halides is 3. The molecular formula is C21H16F3N5O3S. The van der Waals surface area contributed by atoms with Gasteiger partial charge in [0.15, 0.2) is 0 Å². The third-order valence-corrected chi connectivity index (χ3v) is 5.71. The van der Waals surface area contributed by atoms with Crippen LogP contribution in [0.2, 0.25) is 0 Å². The number of carbonyl (C=O) groups excluding carboxylic acids is 1. The Balaban J connectivity index is 1.60. The van der Waals surface area contributed by atoms with E-state index in [1.807, 2.05) is 0 Å². The quantitative estimate of drug-likeness (QED) is 0.345. The third-order valence-electron chi connectivity index (χ3n) is 4.79. The topological polar surface area (TPSA) is 130 Å². The number of H-pyrrole nitrogens is 1. The minimum atomic E-state index is -4.47. The standard InChI is InChI=1S/C21H16F3N5O3S/c22-21(23,24)13-3-5-14(6-4-13)28-20(30)29-17-11-27-19-18(17)16(9-10-26-19)12-1-7-15(8-2-12)33(25,31)32/h1-11H,(H,26,27)(H2,25,31,32)(H2,28,29,30). The lowest BCUT2D eigenvalue weighted by atomic mass is 10.0. The molecule has 4 aromatic rings. The summed E-state index contributed by atoms with van der Waals surface area (Å²) < 4.78 is 61.1. The zero-order valence-corrected chi connectivity index (χ0v) is 17.5. The largest absolute Gasteiger partial charge is 0.416 e. The number of sulfonamides is 1. The Morgan fingerprint density at radius 1 is 0.970 bits per heavy atom. The summed E-state index contributed by atoms with van der Waals surface area (Å²) in [4.78, 5) is 19.6. The molecule has 2 aromatic heterocycles. The molecular weight excluding hydrogens is 459 g/mol. The molecule has 0 aliphatic rings. The molecule has 2 aromatic carbocycles. The number of aromatic amines is 1. The molecule has 2 amide bonds. The van der Waals surface area contributed by atoms with E-state index in [1.165, 1.54) is 18.3 Å². The van der Waals surface area contributed by atoms with Gasteiger partial charge >= 0.3 is 12.2 Å². The summed E-state index contributed by atoms with van der Waals surface area (Å²) >= 11 is 0. The van der Waals surface area contributed by atoms with E-state index < -0.39 is 27.8 Å². The second-order valence-electron chi connectivity index (χ2n) is 7.01. The summed E-state index contributed by atoms with van der Waals surface area (Å²) in [7, 11) is -3.84. The number of halogens is 3. The van der Waals surface area contributed by atoms with Crippen LogP contribution in [0.15, 0.2) is 71.9 Å². The van der Waals surface area contributed by atoms with Crippen molar-refractivity contribution < 1.29 is 26.4 Å². The van der Waals surface area contributed by atoms with Crippen LogP contribution < -0.4 is 15.8 Å². The Morgan fingerprint density at radius 2 is 1.64 bits per heavy atom. The van der Waals surface area contributed by atoms with Crippen molar-refractivity contribution >= 4 is 38.5 Å². The van der Waals surface area contributed by atoms with Crippen molar-refractivity contribution in [3.8, 4) is 11.1 Å². The van der Waals surface area contributed by atoms with Crippen molar-refractivity contribution in [1.82, 2.24) is 9.97 Å². The first-order chi connectivity index (χ1) is 15.5. The molecule has 0 saturated heterocycles. The normalized spacial score (nSPS) is 12.0. The van der Waals surface area contributed by atoms with Crippen LogP contribution in [-0.2, 0) is 16.2 Å². The summed E-state index contributed by atoms with van der Waals surface area (Å²) in [5.74, 6) is 0. The van der Waals surface area contributed by atoms with E-state index >= 15 is 0 Å². The summed E-state index contributed by atoms with van der Waals surface area (Å²) in [5, 5.41) is 10.8. The van der Waals surface area contributed by atoms with Gasteiger partial charge in [0, 0.05) is 18.1 Å². The van der Waals surface area contributed by atoms with Gasteiger partial charge in [0.1, 0.15) is 5.65 Å². The van der Waals surface area contributed by atoms with E-state index in [0.717, 1.165) is 24.3 Å². The van der Waals surface area contributed by atoms with Crippen LogP contribution >= 0.6 is 0 Å². The van der Waals surface area contributed by atoms with Crippen LogP contribution in [0.25, 0.3) is 22.2 Å². The number of nitrogens with zero attached hydrogens (tertiary/aromatic N) is 1. The maximum absolute atomic E-state index is 12.7. The minimum absolute atomic E-state index is 0.0418. The first-order valence-electron chi connectivity index (χ1n) is 9.37. The first-order valence-corrected chi connectivity index (χ1v) is 10.9. The van der Waals surface area contributed by atoms with E-state index in [2.05, 4.69) is 20.6 Å². The lowest BCUT2D eigenvalue weighted by Gasteiger charge is -2.11. The third kappa shape index (κ3) is 4.81. The van der Waals surface area contributed by atoms with Crippen molar-refractivity contribution in [3.05, 3.63) is 72.6 Å². The predicted octanol–water partition coefficient (Wildman–Crippen LogP) is 4.54. The molecule has 0 fully saturated rings. The van der Waals surface area contributed by atoms with Gasteiger partial charge in [-0.1, -0.05) is 12.1 Å². The van der Waals surface area contributed by atoms with Gasteiger partial charge in [0.05, 0.1) is 21.5 Å². The van der Waals surface area contributed by atoms with E-state index in [0.29, 0.717) is 27.8 Å². The summed E-state index contributed by atoms with van der Waals surface area (Å²) in [6, 6.07) is 11.0. The van der Waals surface area contributed by atoms with Crippen molar-refractivity contribution in [1.29, 1.82) is 0 Å². The molecule has 12 heteroatoms. The lowest BCUT2D eigenvalue weighted by molar-refractivity contribution is -0.137. The Morgan fingerprint density at radius 3 is 2.24 bits per heavy atom. The molecule has 0 unspecified atom stereocenters. The van der Waals surface area contributed by atoms with Crippen LogP contribution in [0, 0.1) is 0 Å². The van der Waals surface area contributed by atoms with E-state index in [9.17, 15) is 26.4 Å². The fourth-order valence-electron chi connectivity index (χ4n) is 3.25. The highest BCUT2D eigenvalue weighted by molar-refractivity contribution is 7.89. The molecule has 0 bridgehead atoms. The summed E-state index contributed by atoms with van der Waals surface area (Å²) in [5.41, 5.74) is 1.50. The molecule has 0 spiro atoms. The molecule has 0 aliphatic carbocycles. The first kappa shape index (κ1) is 22.3. The average Bonchev–Trinajstić information content (AvgIpc) is 3.16. The van der Waals surface area contributed by atoms with Crippen LogP contribution in [0.3, 0.4) is 0 Å². The number of anilines is 2. The Kier molecular flexibility index (Phi) is 5.56. The Bertz CT molecular complexity index is 1430. The fraction of sp³-hybridized carbons (Fsp3) is 0.0476. The molecule has 33 heavy (non-hydrogen) atoms. The van der Waals surface area contributed by atoms with Gasteiger partial charge in [-0.2, -0.15) is 13.2 Å². The number of nitrogens with one attached hydrogen (secondary N) is 3. The van der Waals surface area contributed by atoms with Crippen molar-refractivity contribution in [2.75, 3.05) is 10.6 Å². The zero-order chi connectivity index (χ0) is 23.8. The zero-order valence-electron chi connectivity index (χ0n) is 16.6. The lowest BCUT2D eigenvalue weighted by Crippen LogP contribution is -2.19. The summed E-state index contributed by atoms with van der Waals surface area (Å²) in [6.45, 7) is 0.